The standard InChI is InChI=1S/C16H15ClINO2/c17-12-9-13(18)16(15-11(12)4-2-7-19-15)21-8-6-10-3-1-5-14(10)20/h2,4,7,9-10H,1,3,5-6,8H2. The van der Waals surface area contributed by atoms with Gasteiger partial charge < -0.3 is 4.74 Å². The summed E-state index contributed by atoms with van der Waals surface area (Å²) < 4.78 is 6.88. The van der Waals surface area contributed by atoms with E-state index in [9.17, 15) is 4.79 Å². The van der Waals surface area contributed by atoms with Gasteiger partial charge >= 0.3 is 0 Å². The predicted octanol–water partition coefficient (Wildman–Crippen LogP) is 4.63. The number of Topliss-reactive ketones (excluding diaryl/α,β-unsaturated/α-hetero) is 1. The fourth-order valence-electron chi connectivity index (χ4n) is 2.78. The number of nitrogens with zero attached hydrogens (tertiary/aromatic N) is 1. The Hall–Kier alpha value is -0.880. The molecule has 110 valence electrons. The third-order valence-electron chi connectivity index (χ3n) is 3.89. The Morgan fingerprint density at radius 1 is 1.48 bits per heavy atom. The average molecular weight is 416 g/mol. The quantitative estimate of drug-likeness (QED) is 0.684. The van der Waals surface area contributed by atoms with Gasteiger partial charge in [-0.1, -0.05) is 11.6 Å². The molecule has 0 amide bonds. The highest BCUT2D eigenvalue weighted by Gasteiger charge is 2.24. The van der Waals surface area contributed by atoms with Crippen LogP contribution >= 0.6 is 34.2 Å². The van der Waals surface area contributed by atoms with Crippen molar-refractivity contribution in [1.82, 2.24) is 4.98 Å². The third kappa shape index (κ3) is 3.16. The van der Waals surface area contributed by atoms with Gasteiger partial charge in [0, 0.05) is 23.9 Å². The van der Waals surface area contributed by atoms with Crippen molar-refractivity contribution in [2.75, 3.05) is 6.61 Å². The maximum Gasteiger partial charge on any atom is 0.158 e. The number of carbonyl (C=O) groups excluding carboxylic acids is 1. The molecule has 1 unspecified atom stereocenters. The molecule has 0 saturated heterocycles. The van der Waals surface area contributed by atoms with Crippen molar-refractivity contribution in [3.63, 3.8) is 0 Å². The lowest BCUT2D eigenvalue weighted by molar-refractivity contribution is -0.120. The van der Waals surface area contributed by atoms with E-state index < -0.39 is 0 Å². The molecule has 2 aromatic rings. The zero-order valence-electron chi connectivity index (χ0n) is 11.4. The Labute approximate surface area is 142 Å². The number of aromatic nitrogens is 1. The number of rotatable bonds is 4. The first kappa shape index (κ1) is 15.0. The Bertz CT molecular complexity index is 689. The molecule has 21 heavy (non-hydrogen) atoms. The third-order valence-corrected chi connectivity index (χ3v) is 5.01. The molecule has 3 rings (SSSR count). The molecule has 1 saturated carbocycles. The van der Waals surface area contributed by atoms with Crippen molar-refractivity contribution >= 4 is 50.9 Å². The molecule has 0 bridgehead atoms. The van der Waals surface area contributed by atoms with Gasteiger partial charge in [-0.2, -0.15) is 0 Å². The first-order valence-electron chi connectivity index (χ1n) is 7.05. The second-order valence-corrected chi connectivity index (χ2v) is 6.83. The minimum Gasteiger partial charge on any atom is -0.490 e. The van der Waals surface area contributed by atoms with Gasteiger partial charge in [0.05, 0.1) is 15.2 Å². The van der Waals surface area contributed by atoms with Gasteiger partial charge in [0.25, 0.3) is 0 Å². The summed E-state index contributed by atoms with van der Waals surface area (Å²) in [5, 5.41) is 1.58. The van der Waals surface area contributed by atoms with Crippen LogP contribution < -0.4 is 4.74 Å². The summed E-state index contributed by atoms with van der Waals surface area (Å²) in [7, 11) is 0. The highest BCUT2D eigenvalue weighted by atomic mass is 127. The van der Waals surface area contributed by atoms with Crippen molar-refractivity contribution in [3.05, 3.63) is 33.0 Å². The molecule has 0 aliphatic heterocycles. The molecule has 1 aliphatic carbocycles. The van der Waals surface area contributed by atoms with Gasteiger partial charge in [0.2, 0.25) is 0 Å². The summed E-state index contributed by atoms with van der Waals surface area (Å²) >= 11 is 8.46. The fraction of sp³-hybridized carbons (Fsp3) is 0.375. The van der Waals surface area contributed by atoms with E-state index in [4.69, 9.17) is 16.3 Å². The zero-order valence-corrected chi connectivity index (χ0v) is 14.4. The minimum absolute atomic E-state index is 0.175. The van der Waals surface area contributed by atoms with E-state index in [1.54, 1.807) is 6.20 Å². The molecule has 0 spiro atoms. The SMILES string of the molecule is O=C1CCCC1CCOc1c(I)cc(Cl)c2cccnc12. The predicted molar refractivity (Wildman–Crippen MR) is 91.9 cm³/mol. The lowest BCUT2D eigenvalue weighted by Crippen LogP contribution is -2.11. The first-order chi connectivity index (χ1) is 10.2. The first-order valence-corrected chi connectivity index (χ1v) is 8.50. The van der Waals surface area contributed by atoms with Gasteiger partial charge in [-0.15, -0.1) is 0 Å². The van der Waals surface area contributed by atoms with Gasteiger partial charge in [-0.25, -0.2) is 0 Å². The molecule has 0 radical (unpaired) electrons. The zero-order chi connectivity index (χ0) is 14.8. The largest absolute Gasteiger partial charge is 0.490 e. The lowest BCUT2D eigenvalue weighted by Gasteiger charge is -2.13. The van der Waals surface area contributed by atoms with E-state index >= 15 is 0 Å². The van der Waals surface area contributed by atoms with E-state index in [1.807, 2.05) is 18.2 Å². The molecular formula is C16H15ClINO2. The molecular weight excluding hydrogens is 401 g/mol. The summed E-state index contributed by atoms with van der Waals surface area (Å²) in [5.74, 6) is 1.32. The fourth-order valence-corrected chi connectivity index (χ4v) is 3.95. The molecule has 1 aliphatic rings. The van der Waals surface area contributed by atoms with Crippen LogP contribution in [0.4, 0.5) is 0 Å². The van der Waals surface area contributed by atoms with Crippen molar-refractivity contribution in [2.24, 2.45) is 5.92 Å². The number of pyridine rings is 1. The molecule has 1 aromatic carbocycles. The van der Waals surface area contributed by atoms with Crippen LogP contribution in [-0.2, 0) is 4.79 Å². The number of ketones is 1. The molecule has 1 atom stereocenters. The number of ether oxygens (including phenoxy) is 1. The summed E-state index contributed by atoms with van der Waals surface area (Å²) in [4.78, 5) is 16.0. The topological polar surface area (TPSA) is 39.2 Å². The summed E-state index contributed by atoms with van der Waals surface area (Å²) in [6.07, 6.45) is 5.27. The molecule has 5 heteroatoms. The number of carbonyl (C=O) groups is 1. The summed E-state index contributed by atoms with van der Waals surface area (Å²) in [6, 6.07) is 5.69. The monoisotopic (exact) mass is 415 g/mol. The van der Waals surface area contributed by atoms with Crippen molar-refractivity contribution < 1.29 is 9.53 Å². The van der Waals surface area contributed by atoms with E-state index in [-0.39, 0.29) is 5.92 Å². The van der Waals surface area contributed by atoms with Crippen LogP contribution in [0.15, 0.2) is 24.4 Å². The number of halogens is 2. The Kier molecular flexibility index (Phi) is 4.64. The van der Waals surface area contributed by atoms with Crippen LogP contribution in [0.25, 0.3) is 10.9 Å². The van der Waals surface area contributed by atoms with Crippen LogP contribution in [0.1, 0.15) is 25.7 Å². The van der Waals surface area contributed by atoms with E-state index in [1.165, 1.54) is 0 Å². The Balaban J connectivity index is 1.79. The van der Waals surface area contributed by atoms with Crippen molar-refractivity contribution in [3.8, 4) is 5.75 Å². The smallest absolute Gasteiger partial charge is 0.158 e. The summed E-state index contributed by atoms with van der Waals surface area (Å²) in [5.41, 5.74) is 0.784. The van der Waals surface area contributed by atoms with E-state index in [0.717, 1.165) is 45.9 Å². The molecule has 0 N–H and O–H groups in total. The van der Waals surface area contributed by atoms with Crippen LogP contribution in [-0.4, -0.2) is 17.4 Å². The number of benzene rings is 1. The number of fused-ring (bicyclic) bond motifs is 1. The maximum absolute atomic E-state index is 11.7. The average Bonchev–Trinajstić information content (AvgIpc) is 2.88. The Morgan fingerprint density at radius 2 is 2.33 bits per heavy atom. The molecule has 3 nitrogen and oxygen atoms in total. The maximum atomic E-state index is 11.7. The van der Waals surface area contributed by atoms with Crippen LogP contribution in [0, 0.1) is 9.49 Å². The number of hydrogen-bond acceptors (Lipinski definition) is 3. The van der Waals surface area contributed by atoms with Gasteiger partial charge in [-0.05, 0) is 60.1 Å². The molecule has 1 aromatic heterocycles. The van der Waals surface area contributed by atoms with Crippen LogP contribution in [0.5, 0.6) is 5.75 Å². The Morgan fingerprint density at radius 3 is 3.10 bits per heavy atom. The van der Waals surface area contributed by atoms with Gasteiger partial charge in [0.15, 0.2) is 5.75 Å². The van der Waals surface area contributed by atoms with Gasteiger partial charge in [0.1, 0.15) is 11.3 Å². The van der Waals surface area contributed by atoms with E-state index in [0.29, 0.717) is 17.4 Å². The summed E-state index contributed by atoms with van der Waals surface area (Å²) in [6.45, 7) is 0.541. The highest BCUT2D eigenvalue weighted by Crippen LogP contribution is 2.35. The second kappa shape index (κ2) is 6.48. The van der Waals surface area contributed by atoms with Crippen molar-refractivity contribution in [2.45, 2.75) is 25.7 Å². The van der Waals surface area contributed by atoms with E-state index in [2.05, 4.69) is 27.6 Å². The molecule has 1 fully saturated rings. The minimum atomic E-state index is 0.175. The van der Waals surface area contributed by atoms with Crippen LogP contribution in [0.2, 0.25) is 5.02 Å². The second-order valence-electron chi connectivity index (χ2n) is 5.26. The van der Waals surface area contributed by atoms with Crippen LogP contribution in [0.3, 0.4) is 0 Å². The lowest BCUT2D eigenvalue weighted by atomic mass is 10.0. The number of hydrogen-bond donors (Lipinski definition) is 0. The van der Waals surface area contributed by atoms with Gasteiger partial charge in [-0.3, -0.25) is 9.78 Å². The highest BCUT2D eigenvalue weighted by molar-refractivity contribution is 14.1. The van der Waals surface area contributed by atoms with Crippen molar-refractivity contribution in [1.29, 1.82) is 0 Å². The molecule has 1 heterocycles. The normalized spacial score (nSPS) is 18.4.